The maximum Gasteiger partial charge on any atom is 0.240 e. The minimum atomic E-state index is -0.342. The van der Waals surface area contributed by atoms with E-state index in [9.17, 15) is 4.79 Å². The summed E-state index contributed by atoms with van der Waals surface area (Å²) in [5, 5.41) is 0. The molecule has 0 bridgehead atoms. The second-order valence-corrected chi connectivity index (χ2v) is 4.09. The van der Waals surface area contributed by atoms with Gasteiger partial charge in [-0.25, -0.2) is 9.97 Å². The van der Waals surface area contributed by atoms with Gasteiger partial charge in [-0.1, -0.05) is 0 Å². The summed E-state index contributed by atoms with van der Waals surface area (Å²) in [6.45, 7) is 0.753. The number of nitrogens with zero attached hydrogens (tertiary/aromatic N) is 3. The zero-order valence-electron chi connectivity index (χ0n) is 7.85. The van der Waals surface area contributed by atoms with Crippen molar-refractivity contribution in [2.45, 2.75) is 12.5 Å². The molecule has 1 aromatic heterocycles. The molecule has 1 fully saturated rings. The minimum Gasteiger partial charge on any atom is -0.383 e. The largest absolute Gasteiger partial charge is 0.383 e. The summed E-state index contributed by atoms with van der Waals surface area (Å²) >= 11 is 3.29. The molecule has 1 aliphatic heterocycles. The molecule has 1 aromatic rings. The fourth-order valence-corrected chi connectivity index (χ4v) is 1.94. The molecule has 1 aliphatic rings. The molecule has 1 saturated heterocycles. The van der Waals surface area contributed by atoms with E-state index in [1.54, 1.807) is 0 Å². The summed E-state index contributed by atoms with van der Waals surface area (Å²) in [5.74, 6) is 0.637. The van der Waals surface area contributed by atoms with Gasteiger partial charge in [-0.05, 0) is 22.4 Å². The van der Waals surface area contributed by atoms with Crippen molar-refractivity contribution in [3.05, 3.63) is 10.8 Å². The van der Waals surface area contributed by atoms with E-state index in [2.05, 4.69) is 25.9 Å². The number of aromatic nitrogens is 2. The first-order valence-corrected chi connectivity index (χ1v) is 5.22. The van der Waals surface area contributed by atoms with E-state index in [0.29, 0.717) is 16.1 Å². The molecule has 1 unspecified atom stereocenters. The number of nitrogens with two attached hydrogens (primary N) is 2. The first kappa shape index (κ1) is 10.2. The standard InChI is InChI=1S/C8H10BrN5O/c9-5-6(10)12-3-13-8(5)14-2-1-4(14)7(11)15/h3-4H,1-2H2,(H2,11,15)(H2,10,12,13). The highest BCUT2D eigenvalue weighted by Gasteiger charge is 2.34. The first-order valence-electron chi connectivity index (χ1n) is 4.43. The number of amides is 1. The average Bonchev–Trinajstić information content (AvgIpc) is 2.10. The topological polar surface area (TPSA) is 98.1 Å². The third-order valence-corrected chi connectivity index (χ3v) is 3.18. The van der Waals surface area contributed by atoms with Gasteiger partial charge in [-0.2, -0.15) is 0 Å². The van der Waals surface area contributed by atoms with E-state index in [1.807, 2.05) is 4.90 Å². The van der Waals surface area contributed by atoms with Crippen molar-refractivity contribution < 1.29 is 4.79 Å². The van der Waals surface area contributed by atoms with Gasteiger partial charge in [0.15, 0.2) is 0 Å². The Balaban J connectivity index is 2.31. The van der Waals surface area contributed by atoms with Crippen LogP contribution < -0.4 is 16.4 Å². The minimum absolute atomic E-state index is 0.282. The number of rotatable bonds is 2. The molecule has 0 radical (unpaired) electrons. The van der Waals surface area contributed by atoms with Crippen molar-refractivity contribution in [3.8, 4) is 0 Å². The molecule has 15 heavy (non-hydrogen) atoms. The second-order valence-electron chi connectivity index (χ2n) is 3.30. The van der Waals surface area contributed by atoms with E-state index < -0.39 is 0 Å². The Hall–Kier alpha value is -1.37. The highest BCUT2D eigenvalue weighted by molar-refractivity contribution is 9.10. The number of carbonyl (C=O) groups excluding carboxylic acids is 1. The van der Waals surface area contributed by atoms with Crippen LogP contribution in [0, 0.1) is 0 Å². The Labute approximate surface area is 94.8 Å². The van der Waals surface area contributed by atoms with Crippen molar-refractivity contribution in [1.29, 1.82) is 0 Å². The van der Waals surface area contributed by atoms with Crippen molar-refractivity contribution in [2.75, 3.05) is 17.2 Å². The van der Waals surface area contributed by atoms with Crippen molar-refractivity contribution in [1.82, 2.24) is 9.97 Å². The van der Waals surface area contributed by atoms with Crippen LogP contribution in [0.5, 0.6) is 0 Å². The summed E-state index contributed by atoms with van der Waals surface area (Å²) in [7, 11) is 0. The van der Waals surface area contributed by atoms with Gasteiger partial charge in [0.2, 0.25) is 5.91 Å². The van der Waals surface area contributed by atoms with Crippen LogP contribution in [0.25, 0.3) is 0 Å². The highest BCUT2D eigenvalue weighted by Crippen LogP contribution is 2.33. The van der Waals surface area contributed by atoms with Gasteiger partial charge in [0, 0.05) is 6.54 Å². The Morgan fingerprint density at radius 1 is 1.60 bits per heavy atom. The maximum atomic E-state index is 11.1. The number of hydrogen-bond acceptors (Lipinski definition) is 5. The number of carbonyl (C=O) groups is 1. The Morgan fingerprint density at radius 2 is 2.33 bits per heavy atom. The van der Waals surface area contributed by atoms with Crippen molar-refractivity contribution >= 4 is 33.5 Å². The third kappa shape index (κ3) is 1.63. The maximum absolute atomic E-state index is 11.1. The number of primary amides is 1. The predicted molar refractivity (Wildman–Crippen MR) is 59.1 cm³/mol. The normalized spacial score (nSPS) is 19.8. The third-order valence-electron chi connectivity index (χ3n) is 2.42. The highest BCUT2D eigenvalue weighted by atomic mass is 79.9. The van der Waals surface area contributed by atoms with Crippen LogP contribution in [0.15, 0.2) is 10.8 Å². The fraction of sp³-hybridized carbons (Fsp3) is 0.375. The summed E-state index contributed by atoms with van der Waals surface area (Å²) in [5.41, 5.74) is 10.9. The van der Waals surface area contributed by atoms with Crippen LogP contribution in [0.3, 0.4) is 0 Å². The number of nitrogen functional groups attached to an aromatic ring is 1. The molecule has 0 spiro atoms. The Bertz CT molecular complexity index is 410. The van der Waals surface area contributed by atoms with Gasteiger partial charge in [0.1, 0.15) is 28.5 Å². The Kier molecular flexibility index (Phi) is 2.47. The molecule has 6 nitrogen and oxygen atoms in total. The van der Waals surface area contributed by atoms with Crippen LogP contribution in [0.2, 0.25) is 0 Å². The molecule has 0 aliphatic carbocycles. The molecule has 1 atom stereocenters. The van der Waals surface area contributed by atoms with E-state index in [-0.39, 0.29) is 11.9 Å². The quantitative estimate of drug-likeness (QED) is 0.782. The molecule has 2 rings (SSSR count). The molecule has 80 valence electrons. The lowest BCUT2D eigenvalue weighted by Crippen LogP contribution is -2.55. The number of hydrogen-bond donors (Lipinski definition) is 2. The lowest BCUT2D eigenvalue weighted by Gasteiger charge is -2.40. The van der Waals surface area contributed by atoms with Crippen LogP contribution in [0.4, 0.5) is 11.6 Å². The van der Waals surface area contributed by atoms with Crippen molar-refractivity contribution in [3.63, 3.8) is 0 Å². The fourth-order valence-electron chi connectivity index (χ4n) is 1.51. The summed E-state index contributed by atoms with van der Waals surface area (Å²) in [4.78, 5) is 20.8. The average molecular weight is 272 g/mol. The number of halogens is 1. The monoisotopic (exact) mass is 271 g/mol. The summed E-state index contributed by atoms with van der Waals surface area (Å²) < 4.78 is 0.607. The van der Waals surface area contributed by atoms with Gasteiger partial charge >= 0.3 is 0 Å². The zero-order chi connectivity index (χ0) is 11.0. The molecular weight excluding hydrogens is 262 g/mol. The van der Waals surface area contributed by atoms with Crippen LogP contribution >= 0.6 is 15.9 Å². The van der Waals surface area contributed by atoms with Gasteiger partial charge in [-0.3, -0.25) is 4.79 Å². The van der Waals surface area contributed by atoms with E-state index in [1.165, 1.54) is 6.33 Å². The van der Waals surface area contributed by atoms with E-state index in [4.69, 9.17) is 11.5 Å². The molecule has 0 aromatic carbocycles. The lowest BCUT2D eigenvalue weighted by molar-refractivity contribution is -0.120. The smallest absolute Gasteiger partial charge is 0.240 e. The van der Waals surface area contributed by atoms with Gasteiger partial charge in [0.05, 0.1) is 0 Å². The molecule has 4 N–H and O–H groups in total. The SMILES string of the molecule is NC(=O)C1CCN1c1ncnc(N)c1Br. The van der Waals surface area contributed by atoms with Crippen molar-refractivity contribution in [2.24, 2.45) is 5.73 Å². The van der Waals surface area contributed by atoms with Gasteiger partial charge < -0.3 is 16.4 Å². The molecule has 0 saturated carbocycles. The second kappa shape index (κ2) is 3.65. The number of anilines is 2. The van der Waals surface area contributed by atoms with Crippen LogP contribution in [-0.4, -0.2) is 28.5 Å². The molecular formula is C8H10BrN5O. The molecule has 7 heteroatoms. The first-order chi connectivity index (χ1) is 7.11. The zero-order valence-corrected chi connectivity index (χ0v) is 9.44. The Morgan fingerprint density at radius 3 is 2.87 bits per heavy atom. The van der Waals surface area contributed by atoms with E-state index >= 15 is 0 Å². The molecule has 1 amide bonds. The van der Waals surface area contributed by atoms with Crippen LogP contribution in [-0.2, 0) is 4.79 Å². The summed E-state index contributed by atoms with van der Waals surface area (Å²) in [6, 6.07) is -0.282. The van der Waals surface area contributed by atoms with Gasteiger partial charge in [-0.15, -0.1) is 0 Å². The lowest BCUT2D eigenvalue weighted by atomic mass is 10.0. The molecule has 2 heterocycles. The van der Waals surface area contributed by atoms with Crippen LogP contribution in [0.1, 0.15) is 6.42 Å². The summed E-state index contributed by atoms with van der Waals surface area (Å²) in [6.07, 6.45) is 2.12. The predicted octanol–water partition coefficient (Wildman–Crippen LogP) is -0.115. The van der Waals surface area contributed by atoms with Gasteiger partial charge in [0.25, 0.3) is 0 Å². The van der Waals surface area contributed by atoms with E-state index in [0.717, 1.165) is 13.0 Å².